The molecule has 0 bridgehead atoms. The zero-order chi connectivity index (χ0) is 15.1. The van der Waals surface area contributed by atoms with Crippen molar-refractivity contribution in [2.45, 2.75) is 25.8 Å². The van der Waals surface area contributed by atoms with Gasteiger partial charge in [-0.2, -0.15) is 0 Å². The summed E-state index contributed by atoms with van der Waals surface area (Å²) in [5, 5.41) is 2.13. The fourth-order valence-electron chi connectivity index (χ4n) is 3.28. The van der Waals surface area contributed by atoms with Gasteiger partial charge in [-0.15, -0.1) is 11.3 Å². The number of nitrogens with zero attached hydrogens (tertiary/aromatic N) is 1. The first-order valence-corrected chi connectivity index (χ1v) is 8.42. The molecule has 3 heterocycles. The molecule has 0 saturated heterocycles. The molecule has 1 amide bonds. The molecule has 22 heavy (non-hydrogen) atoms. The lowest BCUT2D eigenvalue weighted by Gasteiger charge is -2.35. The summed E-state index contributed by atoms with van der Waals surface area (Å²) >= 11 is 1.80. The molecule has 0 radical (unpaired) electrons. The highest BCUT2D eigenvalue weighted by molar-refractivity contribution is 7.10. The highest BCUT2D eigenvalue weighted by atomic mass is 32.1. The largest absolute Gasteiger partial charge is 0.454 e. The molecule has 2 aliphatic heterocycles. The number of ether oxygens (including phenoxy) is 2. The minimum absolute atomic E-state index is 0.0713. The van der Waals surface area contributed by atoms with Crippen LogP contribution in [0.3, 0.4) is 0 Å². The number of amides is 1. The van der Waals surface area contributed by atoms with Crippen molar-refractivity contribution in [2.24, 2.45) is 0 Å². The predicted molar refractivity (Wildman–Crippen MR) is 84.7 cm³/mol. The van der Waals surface area contributed by atoms with Gasteiger partial charge in [-0.3, -0.25) is 4.79 Å². The molecule has 1 aromatic heterocycles. The molecule has 2 aromatic rings. The number of carbonyl (C=O) groups is 1. The second-order valence-corrected chi connectivity index (χ2v) is 6.54. The van der Waals surface area contributed by atoms with Crippen LogP contribution in [0.25, 0.3) is 0 Å². The molecule has 1 aromatic carbocycles. The third-order valence-electron chi connectivity index (χ3n) is 4.36. The number of benzene rings is 1. The Hall–Kier alpha value is -2.01. The van der Waals surface area contributed by atoms with Crippen LogP contribution in [0.1, 0.15) is 40.2 Å². The molecular weight excluding hydrogens is 298 g/mol. The molecule has 1 atom stereocenters. The van der Waals surface area contributed by atoms with Gasteiger partial charge in [-0.05, 0) is 48.1 Å². The normalized spacial score (nSPS) is 19.1. The van der Waals surface area contributed by atoms with Gasteiger partial charge in [0, 0.05) is 17.0 Å². The quantitative estimate of drug-likeness (QED) is 0.849. The number of fused-ring (bicyclic) bond motifs is 2. The van der Waals surface area contributed by atoms with Crippen LogP contribution in [0, 0.1) is 0 Å². The second-order valence-electron chi connectivity index (χ2n) is 5.54. The van der Waals surface area contributed by atoms with Crippen molar-refractivity contribution < 1.29 is 14.3 Å². The summed E-state index contributed by atoms with van der Waals surface area (Å²) in [7, 11) is 0. The number of hydrogen-bond donors (Lipinski definition) is 0. The average molecular weight is 315 g/mol. The van der Waals surface area contributed by atoms with Crippen molar-refractivity contribution in [1.29, 1.82) is 0 Å². The highest BCUT2D eigenvalue weighted by Gasteiger charge is 2.31. The zero-order valence-electron chi connectivity index (χ0n) is 12.4. The maximum Gasteiger partial charge on any atom is 0.254 e. The molecule has 0 N–H and O–H groups in total. The smallest absolute Gasteiger partial charge is 0.254 e. The minimum Gasteiger partial charge on any atom is -0.454 e. The lowest BCUT2D eigenvalue weighted by molar-refractivity contribution is 0.0657. The van der Waals surface area contributed by atoms with Crippen LogP contribution in [0.15, 0.2) is 29.6 Å². The van der Waals surface area contributed by atoms with Gasteiger partial charge < -0.3 is 14.4 Å². The monoisotopic (exact) mass is 315 g/mol. The molecule has 5 heteroatoms. The predicted octanol–water partition coefficient (Wildman–Crippen LogP) is 3.63. The number of hydrogen-bond acceptors (Lipinski definition) is 4. The summed E-state index contributed by atoms with van der Waals surface area (Å²) in [6, 6.07) is 7.77. The third kappa shape index (κ3) is 2.08. The lowest BCUT2D eigenvalue weighted by atomic mass is 9.97. The van der Waals surface area contributed by atoms with E-state index in [-0.39, 0.29) is 18.7 Å². The Labute approximate surface area is 133 Å². The number of thiophene rings is 1. The van der Waals surface area contributed by atoms with Crippen LogP contribution < -0.4 is 9.47 Å². The first kappa shape index (κ1) is 13.6. The van der Waals surface area contributed by atoms with Crippen LogP contribution in [0.5, 0.6) is 11.5 Å². The highest BCUT2D eigenvalue weighted by Crippen LogP contribution is 2.37. The van der Waals surface area contributed by atoms with Gasteiger partial charge in [0.2, 0.25) is 6.79 Å². The SMILES string of the molecule is CC[C@@H]1c2ccsc2CCN1C(=O)c1ccc2c(c1)OCO2. The summed E-state index contributed by atoms with van der Waals surface area (Å²) in [6.07, 6.45) is 1.87. The van der Waals surface area contributed by atoms with E-state index >= 15 is 0 Å². The molecule has 0 saturated carbocycles. The van der Waals surface area contributed by atoms with E-state index in [2.05, 4.69) is 18.4 Å². The van der Waals surface area contributed by atoms with Crippen molar-refractivity contribution in [2.75, 3.05) is 13.3 Å². The topological polar surface area (TPSA) is 38.8 Å². The van der Waals surface area contributed by atoms with E-state index in [4.69, 9.17) is 9.47 Å². The Morgan fingerprint density at radius 3 is 3.05 bits per heavy atom. The van der Waals surface area contributed by atoms with Gasteiger partial charge in [-0.25, -0.2) is 0 Å². The van der Waals surface area contributed by atoms with E-state index in [1.807, 2.05) is 17.0 Å². The summed E-state index contributed by atoms with van der Waals surface area (Å²) in [5.74, 6) is 1.44. The molecule has 0 aliphatic carbocycles. The van der Waals surface area contributed by atoms with E-state index < -0.39 is 0 Å². The maximum atomic E-state index is 12.9. The van der Waals surface area contributed by atoms with Gasteiger partial charge in [0.1, 0.15) is 0 Å². The Bertz CT molecular complexity index is 724. The number of rotatable bonds is 2. The zero-order valence-corrected chi connectivity index (χ0v) is 13.2. The molecule has 114 valence electrons. The summed E-state index contributed by atoms with van der Waals surface area (Å²) in [4.78, 5) is 16.3. The Morgan fingerprint density at radius 1 is 1.32 bits per heavy atom. The van der Waals surface area contributed by atoms with Gasteiger partial charge >= 0.3 is 0 Å². The fourth-order valence-corrected chi connectivity index (χ4v) is 4.20. The Morgan fingerprint density at radius 2 is 2.18 bits per heavy atom. The first-order chi connectivity index (χ1) is 10.8. The Kier molecular flexibility index (Phi) is 3.30. The molecule has 4 rings (SSSR count). The van der Waals surface area contributed by atoms with E-state index in [1.54, 1.807) is 17.4 Å². The molecule has 0 fully saturated rings. The van der Waals surface area contributed by atoms with E-state index in [0.717, 1.165) is 19.4 Å². The van der Waals surface area contributed by atoms with E-state index in [9.17, 15) is 4.79 Å². The van der Waals surface area contributed by atoms with Crippen LogP contribution >= 0.6 is 11.3 Å². The molecular formula is C17H17NO3S. The van der Waals surface area contributed by atoms with Gasteiger partial charge in [0.15, 0.2) is 11.5 Å². The summed E-state index contributed by atoms with van der Waals surface area (Å²) < 4.78 is 10.7. The molecule has 0 spiro atoms. The maximum absolute atomic E-state index is 12.9. The second kappa shape index (κ2) is 5.32. The van der Waals surface area contributed by atoms with Gasteiger partial charge in [0.25, 0.3) is 5.91 Å². The molecule has 0 unspecified atom stereocenters. The van der Waals surface area contributed by atoms with Crippen molar-refractivity contribution in [3.8, 4) is 11.5 Å². The van der Waals surface area contributed by atoms with Crippen molar-refractivity contribution in [1.82, 2.24) is 4.90 Å². The number of carbonyl (C=O) groups excluding carboxylic acids is 1. The summed E-state index contributed by atoms with van der Waals surface area (Å²) in [6.45, 7) is 3.14. The average Bonchev–Trinajstić information content (AvgIpc) is 3.20. The van der Waals surface area contributed by atoms with Crippen molar-refractivity contribution in [3.63, 3.8) is 0 Å². The van der Waals surface area contributed by atoms with Crippen LogP contribution in [-0.2, 0) is 6.42 Å². The van der Waals surface area contributed by atoms with Crippen LogP contribution in [-0.4, -0.2) is 24.1 Å². The van der Waals surface area contributed by atoms with Gasteiger partial charge in [0.05, 0.1) is 6.04 Å². The minimum atomic E-state index is 0.0713. The van der Waals surface area contributed by atoms with Gasteiger partial charge in [-0.1, -0.05) is 6.92 Å². The summed E-state index contributed by atoms with van der Waals surface area (Å²) in [5.41, 5.74) is 1.98. The molecule has 4 nitrogen and oxygen atoms in total. The Balaban J connectivity index is 1.65. The van der Waals surface area contributed by atoms with Crippen molar-refractivity contribution >= 4 is 17.2 Å². The third-order valence-corrected chi connectivity index (χ3v) is 5.36. The standard InChI is InChI=1S/C17H17NO3S/c1-2-13-12-6-8-22-16(12)5-7-18(13)17(19)11-3-4-14-15(9-11)21-10-20-14/h3-4,6,8-9,13H,2,5,7,10H2,1H3/t13-/m1/s1. The molecule has 2 aliphatic rings. The van der Waals surface area contributed by atoms with Crippen LogP contribution in [0.2, 0.25) is 0 Å². The van der Waals surface area contributed by atoms with Crippen molar-refractivity contribution in [3.05, 3.63) is 45.6 Å². The fraction of sp³-hybridized carbons (Fsp3) is 0.353. The van der Waals surface area contributed by atoms with Crippen LogP contribution in [0.4, 0.5) is 0 Å². The first-order valence-electron chi connectivity index (χ1n) is 7.55. The van der Waals surface area contributed by atoms with E-state index in [0.29, 0.717) is 17.1 Å². The van der Waals surface area contributed by atoms with E-state index in [1.165, 1.54) is 10.4 Å². The lowest BCUT2D eigenvalue weighted by Crippen LogP contribution is -2.39.